The molecule has 1 heterocycles. The summed E-state index contributed by atoms with van der Waals surface area (Å²) < 4.78 is 38.2. The van der Waals surface area contributed by atoms with Gasteiger partial charge in [0.2, 0.25) is 0 Å². The maximum atomic E-state index is 13.1. The van der Waals surface area contributed by atoms with Crippen LogP contribution >= 0.6 is 33.3 Å². The summed E-state index contributed by atoms with van der Waals surface area (Å²) in [6.07, 6.45) is 0.683. The van der Waals surface area contributed by atoms with Gasteiger partial charge in [0.25, 0.3) is 14.2 Å². The van der Waals surface area contributed by atoms with Crippen molar-refractivity contribution in [1.29, 1.82) is 0 Å². The maximum absolute atomic E-state index is 13.1. The zero-order chi connectivity index (χ0) is 14.9. The van der Waals surface area contributed by atoms with Crippen LogP contribution in [0.25, 0.3) is 11.4 Å². The van der Waals surface area contributed by atoms with E-state index in [2.05, 4.69) is 10.2 Å². The van der Waals surface area contributed by atoms with Gasteiger partial charge in [-0.1, -0.05) is 6.92 Å². The molecule has 0 saturated heterocycles. The Morgan fingerprint density at radius 1 is 1.40 bits per heavy atom. The SMILES string of the molecule is CCCn1c(-c2ccc(F)cc2I)nnc1S(=O)(=O)Cl. The largest absolute Gasteiger partial charge is 0.297 e. The molecule has 0 unspecified atom stereocenters. The molecule has 0 aliphatic rings. The Bertz CT molecular complexity index is 748. The molecule has 0 amide bonds. The van der Waals surface area contributed by atoms with E-state index < -0.39 is 9.05 Å². The molecule has 0 atom stereocenters. The molecule has 0 fully saturated rings. The van der Waals surface area contributed by atoms with E-state index in [4.69, 9.17) is 10.7 Å². The molecule has 5 nitrogen and oxygen atoms in total. The molecule has 0 bridgehead atoms. The predicted molar refractivity (Wildman–Crippen MR) is 81.5 cm³/mol. The minimum atomic E-state index is -3.98. The standard InChI is InChI=1S/C11H10ClFIN3O2S/c1-2-5-17-10(15-16-11(17)20(12,18)19)8-4-3-7(13)6-9(8)14/h3-4,6H,2,5H2,1H3. The topological polar surface area (TPSA) is 64.8 Å². The Hall–Kier alpha value is -0.740. The van der Waals surface area contributed by atoms with Gasteiger partial charge in [-0.15, -0.1) is 10.2 Å². The van der Waals surface area contributed by atoms with Gasteiger partial charge in [0.05, 0.1) is 0 Å². The lowest BCUT2D eigenvalue weighted by Gasteiger charge is -2.08. The fourth-order valence-electron chi connectivity index (χ4n) is 1.76. The highest BCUT2D eigenvalue weighted by atomic mass is 127. The predicted octanol–water partition coefficient (Wildman–Crippen LogP) is 3.03. The number of halogens is 3. The van der Waals surface area contributed by atoms with Crippen molar-refractivity contribution in [2.75, 3.05) is 0 Å². The molecule has 0 spiro atoms. The lowest BCUT2D eigenvalue weighted by Crippen LogP contribution is -2.08. The number of hydrogen-bond donors (Lipinski definition) is 0. The molecule has 1 aromatic carbocycles. The first kappa shape index (κ1) is 15.6. The zero-order valence-corrected chi connectivity index (χ0v) is 14.1. The van der Waals surface area contributed by atoms with Crippen LogP contribution in [0.2, 0.25) is 0 Å². The molecule has 0 aliphatic heterocycles. The zero-order valence-electron chi connectivity index (χ0n) is 10.3. The number of rotatable bonds is 4. The molecular formula is C11H10ClFIN3O2S. The summed E-state index contributed by atoms with van der Waals surface area (Å²) in [4.78, 5) is 0. The quantitative estimate of drug-likeness (QED) is 0.554. The molecule has 2 aromatic rings. The van der Waals surface area contributed by atoms with Gasteiger partial charge in [-0.25, -0.2) is 12.8 Å². The molecular weight excluding hydrogens is 420 g/mol. The van der Waals surface area contributed by atoms with Crippen molar-refractivity contribution in [2.45, 2.75) is 25.0 Å². The molecule has 0 saturated carbocycles. The Morgan fingerprint density at radius 3 is 2.65 bits per heavy atom. The average Bonchev–Trinajstić information content (AvgIpc) is 2.73. The third-order valence-corrected chi connectivity index (χ3v) is 4.60. The van der Waals surface area contributed by atoms with Crippen molar-refractivity contribution in [1.82, 2.24) is 14.8 Å². The minimum absolute atomic E-state index is 0.295. The van der Waals surface area contributed by atoms with E-state index in [9.17, 15) is 12.8 Å². The summed E-state index contributed by atoms with van der Waals surface area (Å²) >= 11 is 1.96. The average molecular weight is 430 g/mol. The van der Waals surface area contributed by atoms with Crippen molar-refractivity contribution in [2.24, 2.45) is 0 Å². The Balaban J connectivity index is 2.66. The van der Waals surface area contributed by atoms with E-state index in [1.807, 2.05) is 29.5 Å². The van der Waals surface area contributed by atoms with Crippen LogP contribution < -0.4 is 0 Å². The molecule has 0 radical (unpaired) electrons. The van der Waals surface area contributed by atoms with Crippen molar-refractivity contribution in [3.05, 3.63) is 27.6 Å². The minimum Gasteiger partial charge on any atom is -0.297 e. The van der Waals surface area contributed by atoms with E-state index in [0.717, 1.165) is 0 Å². The summed E-state index contributed by atoms with van der Waals surface area (Å²) in [6.45, 7) is 2.29. The highest BCUT2D eigenvalue weighted by Gasteiger charge is 2.23. The smallest absolute Gasteiger partial charge is 0.296 e. The van der Waals surface area contributed by atoms with Crippen molar-refractivity contribution < 1.29 is 12.8 Å². The summed E-state index contributed by atoms with van der Waals surface area (Å²) in [5.41, 5.74) is 0.611. The molecule has 0 aliphatic carbocycles. The first-order valence-corrected chi connectivity index (χ1v) is 9.06. The van der Waals surface area contributed by atoms with Gasteiger partial charge in [-0.05, 0) is 47.2 Å². The second-order valence-electron chi connectivity index (χ2n) is 4.02. The first-order chi connectivity index (χ1) is 9.34. The third kappa shape index (κ3) is 3.12. The summed E-state index contributed by atoms with van der Waals surface area (Å²) in [6, 6.07) is 4.17. The van der Waals surface area contributed by atoms with Gasteiger partial charge in [0.1, 0.15) is 5.82 Å². The van der Waals surface area contributed by atoms with E-state index in [-0.39, 0.29) is 11.0 Å². The molecule has 20 heavy (non-hydrogen) atoms. The molecule has 9 heteroatoms. The highest BCUT2D eigenvalue weighted by Crippen LogP contribution is 2.27. The van der Waals surface area contributed by atoms with Crippen molar-refractivity contribution in [3.63, 3.8) is 0 Å². The number of nitrogens with zero attached hydrogens (tertiary/aromatic N) is 3. The van der Waals surface area contributed by atoms with Gasteiger partial charge in [-0.2, -0.15) is 0 Å². The normalized spacial score (nSPS) is 11.8. The Morgan fingerprint density at radius 2 is 2.10 bits per heavy atom. The molecule has 108 valence electrons. The maximum Gasteiger partial charge on any atom is 0.296 e. The van der Waals surface area contributed by atoms with Crippen molar-refractivity contribution >= 4 is 42.3 Å². The molecule has 1 aromatic heterocycles. The van der Waals surface area contributed by atoms with Crippen LogP contribution in [0.4, 0.5) is 4.39 Å². The summed E-state index contributed by atoms with van der Waals surface area (Å²) in [5, 5.41) is 7.23. The summed E-state index contributed by atoms with van der Waals surface area (Å²) in [5.74, 6) is -0.0135. The van der Waals surface area contributed by atoms with E-state index in [0.29, 0.717) is 27.9 Å². The Kier molecular flexibility index (Phi) is 4.65. The lowest BCUT2D eigenvalue weighted by molar-refractivity contribution is 0.569. The lowest BCUT2D eigenvalue weighted by atomic mass is 10.2. The van der Waals surface area contributed by atoms with Crippen LogP contribution in [-0.2, 0) is 15.6 Å². The van der Waals surface area contributed by atoms with E-state index >= 15 is 0 Å². The third-order valence-electron chi connectivity index (χ3n) is 2.55. The highest BCUT2D eigenvalue weighted by molar-refractivity contribution is 14.1. The van der Waals surface area contributed by atoms with Crippen molar-refractivity contribution in [3.8, 4) is 11.4 Å². The summed E-state index contributed by atoms with van der Waals surface area (Å²) in [7, 11) is 1.37. The Labute approximate surface area is 133 Å². The monoisotopic (exact) mass is 429 g/mol. The fraction of sp³-hybridized carbons (Fsp3) is 0.273. The van der Waals surface area contributed by atoms with Crippen LogP contribution in [0.1, 0.15) is 13.3 Å². The van der Waals surface area contributed by atoms with Gasteiger partial charge < -0.3 is 0 Å². The van der Waals surface area contributed by atoms with Gasteiger partial charge in [0.15, 0.2) is 5.82 Å². The second kappa shape index (κ2) is 5.94. The molecule has 2 rings (SSSR count). The fourth-order valence-corrected chi connectivity index (χ4v) is 3.40. The number of hydrogen-bond acceptors (Lipinski definition) is 4. The number of benzene rings is 1. The second-order valence-corrected chi connectivity index (χ2v) is 7.64. The van der Waals surface area contributed by atoms with Gasteiger partial charge >= 0.3 is 0 Å². The molecule has 0 N–H and O–H groups in total. The van der Waals surface area contributed by atoms with Crippen LogP contribution in [-0.4, -0.2) is 23.2 Å². The van der Waals surface area contributed by atoms with E-state index in [1.54, 1.807) is 0 Å². The van der Waals surface area contributed by atoms with E-state index in [1.165, 1.54) is 22.8 Å². The number of aromatic nitrogens is 3. The van der Waals surface area contributed by atoms with Crippen LogP contribution in [0, 0.1) is 9.39 Å². The van der Waals surface area contributed by atoms with Gasteiger partial charge in [-0.3, -0.25) is 4.57 Å². The first-order valence-electron chi connectivity index (χ1n) is 5.68. The van der Waals surface area contributed by atoms with Gasteiger partial charge in [0, 0.05) is 26.4 Å². The van der Waals surface area contributed by atoms with Crippen LogP contribution in [0.15, 0.2) is 23.4 Å². The van der Waals surface area contributed by atoms with Crippen LogP contribution in [0.3, 0.4) is 0 Å². The van der Waals surface area contributed by atoms with Crippen LogP contribution in [0.5, 0.6) is 0 Å².